The fourth-order valence-corrected chi connectivity index (χ4v) is 1.94. The summed E-state index contributed by atoms with van der Waals surface area (Å²) in [7, 11) is 3.91. The molecule has 0 unspecified atom stereocenters. The van der Waals surface area contributed by atoms with Gasteiger partial charge in [0.2, 0.25) is 0 Å². The first-order chi connectivity index (χ1) is 9.74. The molecule has 1 aliphatic heterocycles. The summed E-state index contributed by atoms with van der Waals surface area (Å²) in [6, 6.07) is 6.44. The standard InChI is InChI=1S/C12H17NO.C2HF3O2/c1-13-7-5-10-3-4-12(14-2)9-11(10)6-8-13;3-2(4,5)1(6)7/h3-4,9H,5-8H2,1-2H3;(H,6,7). The summed E-state index contributed by atoms with van der Waals surface area (Å²) in [5.74, 6) is -1.78. The average molecular weight is 305 g/mol. The van der Waals surface area contributed by atoms with Gasteiger partial charge in [-0.25, -0.2) is 4.79 Å². The summed E-state index contributed by atoms with van der Waals surface area (Å²) in [5.41, 5.74) is 2.93. The van der Waals surface area contributed by atoms with Crippen LogP contribution in [-0.4, -0.2) is 49.4 Å². The molecule has 0 aliphatic carbocycles. The predicted octanol–water partition coefficient (Wildman–Crippen LogP) is 2.36. The lowest BCUT2D eigenvalue weighted by Gasteiger charge is -2.10. The number of ether oxygens (including phenoxy) is 1. The summed E-state index contributed by atoms with van der Waals surface area (Å²) >= 11 is 0. The number of halogens is 3. The molecule has 4 nitrogen and oxygen atoms in total. The highest BCUT2D eigenvalue weighted by molar-refractivity contribution is 5.73. The molecule has 0 amide bonds. The van der Waals surface area contributed by atoms with Crippen molar-refractivity contribution in [2.24, 2.45) is 0 Å². The minimum Gasteiger partial charge on any atom is -0.497 e. The number of carboxylic acid groups (broad SMARTS) is 1. The summed E-state index contributed by atoms with van der Waals surface area (Å²) < 4.78 is 37.0. The van der Waals surface area contributed by atoms with Gasteiger partial charge in [0.25, 0.3) is 0 Å². The molecule has 1 heterocycles. The summed E-state index contributed by atoms with van der Waals surface area (Å²) in [4.78, 5) is 11.3. The first kappa shape index (κ1) is 17.3. The molecular formula is C14H18F3NO3. The van der Waals surface area contributed by atoms with Gasteiger partial charge in [0.1, 0.15) is 5.75 Å². The normalized spacial score (nSPS) is 15.3. The average Bonchev–Trinajstić information content (AvgIpc) is 2.60. The van der Waals surface area contributed by atoms with Crippen LogP contribution in [-0.2, 0) is 17.6 Å². The van der Waals surface area contributed by atoms with Crippen LogP contribution in [0, 0.1) is 0 Å². The number of carbonyl (C=O) groups is 1. The fourth-order valence-electron chi connectivity index (χ4n) is 1.94. The first-order valence-electron chi connectivity index (χ1n) is 6.38. The molecule has 0 spiro atoms. The van der Waals surface area contributed by atoms with Crippen LogP contribution in [0.4, 0.5) is 13.2 Å². The van der Waals surface area contributed by atoms with Crippen LogP contribution in [0.3, 0.4) is 0 Å². The second kappa shape index (κ2) is 7.31. The van der Waals surface area contributed by atoms with Crippen molar-refractivity contribution in [3.05, 3.63) is 29.3 Å². The van der Waals surface area contributed by atoms with Crippen molar-refractivity contribution in [3.8, 4) is 5.75 Å². The predicted molar refractivity (Wildman–Crippen MR) is 71.6 cm³/mol. The van der Waals surface area contributed by atoms with Gasteiger partial charge in [-0.3, -0.25) is 0 Å². The zero-order valence-electron chi connectivity index (χ0n) is 11.9. The number of alkyl halides is 3. The zero-order valence-corrected chi connectivity index (χ0v) is 11.9. The van der Waals surface area contributed by atoms with Gasteiger partial charge in [-0.2, -0.15) is 13.2 Å². The molecule has 0 saturated carbocycles. The van der Waals surface area contributed by atoms with E-state index in [0.717, 1.165) is 25.1 Å². The third kappa shape index (κ3) is 5.63. The maximum absolute atomic E-state index is 10.6. The molecule has 118 valence electrons. The number of nitrogens with zero attached hydrogens (tertiary/aromatic N) is 1. The van der Waals surface area contributed by atoms with Gasteiger partial charge < -0.3 is 14.7 Å². The van der Waals surface area contributed by atoms with Gasteiger partial charge in [-0.15, -0.1) is 0 Å². The number of carboxylic acids is 1. The largest absolute Gasteiger partial charge is 0.497 e. The van der Waals surface area contributed by atoms with Crippen LogP contribution in [0.1, 0.15) is 11.1 Å². The van der Waals surface area contributed by atoms with Crippen molar-refractivity contribution >= 4 is 5.97 Å². The van der Waals surface area contributed by atoms with Crippen molar-refractivity contribution in [2.45, 2.75) is 19.0 Å². The third-order valence-corrected chi connectivity index (χ3v) is 3.18. The second-order valence-electron chi connectivity index (χ2n) is 4.74. The Bertz CT molecular complexity index is 489. The molecule has 0 radical (unpaired) electrons. The number of fused-ring (bicyclic) bond motifs is 1. The quantitative estimate of drug-likeness (QED) is 0.865. The van der Waals surface area contributed by atoms with Crippen LogP contribution in [0.25, 0.3) is 0 Å². The molecule has 0 saturated heterocycles. The van der Waals surface area contributed by atoms with Crippen molar-refractivity contribution in [2.75, 3.05) is 27.2 Å². The van der Waals surface area contributed by atoms with Gasteiger partial charge in [0, 0.05) is 13.1 Å². The van der Waals surface area contributed by atoms with E-state index in [2.05, 4.69) is 30.1 Å². The lowest BCUT2D eigenvalue weighted by atomic mass is 10.0. The second-order valence-corrected chi connectivity index (χ2v) is 4.74. The van der Waals surface area contributed by atoms with E-state index in [1.54, 1.807) is 7.11 Å². The molecule has 1 aromatic carbocycles. The molecule has 1 aliphatic rings. The number of hydrogen-bond donors (Lipinski definition) is 1. The molecule has 7 heteroatoms. The molecule has 1 aromatic rings. The van der Waals surface area contributed by atoms with Gasteiger partial charge in [-0.1, -0.05) is 6.07 Å². The van der Waals surface area contributed by atoms with Gasteiger partial charge >= 0.3 is 12.1 Å². The van der Waals surface area contributed by atoms with E-state index in [1.165, 1.54) is 17.7 Å². The Hall–Kier alpha value is -1.76. The summed E-state index contributed by atoms with van der Waals surface area (Å²) in [6.45, 7) is 2.32. The van der Waals surface area contributed by atoms with Crippen molar-refractivity contribution in [1.29, 1.82) is 0 Å². The molecule has 0 atom stereocenters. The van der Waals surface area contributed by atoms with Gasteiger partial charge in [0.15, 0.2) is 0 Å². The smallest absolute Gasteiger partial charge is 0.490 e. The topological polar surface area (TPSA) is 49.8 Å². The van der Waals surface area contributed by atoms with Crippen LogP contribution >= 0.6 is 0 Å². The molecule has 0 fully saturated rings. The SMILES string of the molecule is COc1ccc2c(c1)CCN(C)CC2.O=C(O)C(F)(F)F. The zero-order chi connectivity index (χ0) is 16.0. The summed E-state index contributed by atoms with van der Waals surface area (Å²) in [6.07, 6.45) is -2.78. The Morgan fingerprint density at radius 3 is 2.24 bits per heavy atom. The highest BCUT2D eigenvalue weighted by atomic mass is 19.4. The minimum absolute atomic E-state index is 0.980. The molecule has 2 rings (SSSR count). The Morgan fingerprint density at radius 1 is 1.24 bits per heavy atom. The maximum Gasteiger partial charge on any atom is 0.490 e. The number of aliphatic carboxylic acids is 1. The monoisotopic (exact) mass is 305 g/mol. The van der Waals surface area contributed by atoms with E-state index in [0.29, 0.717) is 0 Å². The van der Waals surface area contributed by atoms with Crippen LogP contribution < -0.4 is 4.74 Å². The number of rotatable bonds is 1. The van der Waals surface area contributed by atoms with Crippen LogP contribution in [0.15, 0.2) is 18.2 Å². The molecular weight excluding hydrogens is 287 g/mol. The van der Waals surface area contributed by atoms with E-state index < -0.39 is 12.1 Å². The Balaban J connectivity index is 0.000000270. The third-order valence-electron chi connectivity index (χ3n) is 3.18. The van der Waals surface area contributed by atoms with E-state index in [1.807, 2.05) is 0 Å². The van der Waals surface area contributed by atoms with Gasteiger partial charge in [0.05, 0.1) is 7.11 Å². The van der Waals surface area contributed by atoms with E-state index in [-0.39, 0.29) is 0 Å². The van der Waals surface area contributed by atoms with Crippen LogP contribution in [0.2, 0.25) is 0 Å². The minimum atomic E-state index is -5.08. The van der Waals surface area contributed by atoms with Gasteiger partial charge in [-0.05, 0) is 43.1 Å². The highest BCUT2D eigenvalue weighted by Gasteiger charge is 2.38. The summed E-state index contributed by atoms with van der Waals surface area (Å²) in [5, 5.41) is 7.12. The number of likely N-dealkylation sites (N-methyl/N-ethyl adjacent to an activating group) is 1. The lowest BCUT2D eigenvalue weighted by Crippen LogP contribution is -2.21. The van der Waals surface area contributed by atoms with E-state index in [9.17, 15) is 13.2 Å². The number of benzene rings is 1. The lowest BCUT2D eigenvalue weighted by molar-refractivity contribution is -0.192. The van der Waals surface area contributed by atoms with Crippen LogP contribution in [0.5, 0.6) is 5.75 Å². The Morgan fingerprint density at radius 2 is 1.76 bits per heavy atom. The highest BCUT2D eigenvalue weighted by Crippen LogP contribution is 2.21. The van der Waals surface area contributed by atoms with Crippen molar-refractivity contribution < 1.29 is 27.8 Å². The fraction of sp³-hybridized carbons (Fsp3) is 0.500. The van der Waals surface area contributed by atoms with E-state index in [4.69, 9.17) is 14.6 Å². The Kier molecular flexibility index (Phi) is 6.02. The number of hydrogen-bond acceptors (Lipinski definition) is 3. The molecule has 1 N–H and O–H groups in total. The first-order valence-corrected chi connectivity index (χ1v) is 6.38. The molecule has 0 bridgehead atoms. The molecule has 21 heavy (non-hydrogen) atoms. The Labute approximate surface area is 121 Å². The maximum atomic E-state index is 10.6. The molecule has 0 aromatic heterocycles. The van der Waals surface area contributed by atoms with Crippen molar-refractivity contribution in [3.63, 3.8) is 0 Å². The van der Waals surface area contributed by atoms with E-state index >= 15 is 0 Å². The number of methoxy groups -OCH3 is 1. The van der Waals surface area contributed by atoms with Crippen molar-refractivity contribution in [1.82, 2.24) is 4.90 Å².